The lowest BCUT2D eigenvalue weighted by molar-refractivity contribution is 0.200. The molecule has 0 aliphatic heterocycles. The normalized spacial score (nSPS) is 13.2. The molecule has 120 valence electrons. The molecule has 21 heavy (non-hydrogen) atoms. The summed E-state index contributed by atoms with van der Waals surface area (Å²) < 4.78 is 18.8. The Kier molecular flexibility index (Phi) is 7.12. The van der Waals surface area contributed by atoms with Crippen molar-refractivity contribution in [2.24, 2.45) is 5.73 Å². The summed E-state index contributed by atoms with van der Waals surface area (Å²) in [7, 11) is 0. The molecule has 0 saturated carbocycles. The van der Waals surface area contributed by atoms with Gasteiger partial charge in [0.1, 0.15) is 18.5 Å². The molecule has 1 rings (SSSR count). The smallest absolute Gasteiger partial charge is 0.146 e. The molecule has 1 aromatic carbocycles. The van der Waals surface area contributed by atoms with Gasteiger partial charge < -0.3 is 15.8 Å². The van der Waals surface area contributed by atoms with Gasteiger partial charge in [0, 0.05) is 6.54 Å². The molecule has 0 radical (unpaired) electrons. The topological polar surface area (TPSA) is 47.3 Å². The highest BCUT2D eigenvalue weighted by Crippen LogP contribution is 2.28. The van der Waals surface area contributed by atoms with Gasteiger partial charge in [0.2, 0.25) is 0 Å². The van der Waals surface area contributed by atoms with E-state index in [-0.39, 0.29) is 18.6 Å². The number of hydrogen-bond acceptors (Lipinski definition) is 3. The molecule has 0 fully saturated rings. The molecule has 3 nitrogen and oxygen atoms in total. The first-order chi connectivity index (χ1) is 9.86. The van der Waals surface area contributed by atoms with E-state index < -0.39 is 6.17 Å². The van der Waals surface area contributed by atoms with Gasteiger partial charge in [0.05, 0.1) is 0 Å². The lowest BCUT2D eigenvalue weighted by Gasteiger charge is -2.22. The van der Waals surface area contributed by atoms with E-state index in [1.54, 1.807) is 0 Å². The van der Waals surface area contributed by atoms with Crippen LogP contribution in [0.25, 0.3) is 0 Å². The minimum atomic E-state index is -1.12. The van der Waals surface area contributed by atoms with Crippen LogP contribution in [0.3, 0.4) is 0 Å². The number of nitrogens with one attached hydrogen (secondary N) is 1. The standard InChI is InChI=1S/C17H29FN2O/c1-5-20-7-6-13-8-14(17(2,3)4)10-16(9-13)21-12-15(18)11-19/h8-10,15,20H,5-7,11-12,19H2,1-4H3/t15-/m1/s1. The average Bonchev–Trinajstić information content (AvgIpc) is 2.44. The van der Waals surface area contributed by atoms with E-state index in [0.29, 0.717) is 0 Å². The van der Waals surface area contributed by atoms with Gasteiger partial charge in [0.25, 0.3) is 0 Å². The Morgan fingerprint density at radius 2 is 2.00 bits per heavy atom. The number of likely N-dealkylation sites (N-methyl/N-ethyl adjacent to an activating group) is 1. The highest BCUT2D eigenvalue weighted by atomic mass is 19.1. The van der Waals surface area contributed by atoms with Gasteiger partial charge in [-0.05, 0) is 48.2 Å². The largest absolute Gasteiger partial charge is 0.490 e. The van der Waals surface area contributed by atoms with Crippen LogP contribution in [0.4, 0.5) is 4.39 Å². The summed E-state index contributed by atoms with van der Waals surface area (Å²) in [4.78, 5) is 0. The lowest BCUT2D eigenvalue weighted by atomic mass is 9.85. The van der Waals surface area contributed by atoms with E-state index in [1.807, 2.05) is 12.1 Å². The van der Waals surface area contributed by atoms with Crippen molar-refractivity contribution in [2.75, 3.05) is 26.2 Å². The molecular formula is C17H29FN2O. The average molecular weight is 296 g/mol. The van der Waals surface area contributed by atoms with Crippen LogP contribution >= 0.6 is 0 Å². The van der Waals surface area contributed by atoms with E-state index >= 15 is 0 Å². The van der Waals surface area contributed by atoms with Crippen LogP contribution in [-0.2, 0) is 11.8 Å². The zero-order valence-corrected chi connectivity index (χ0v) is 13.7. The molecule has 0 heterocycles. The fraction of sp³-hybridized carbons (Fsp3) is 0.647. The summed E-state index contributed by atoms with van der Waals surface area (Å²) in [6.45, 7) is 10.5. The Hall–Kier alpha value is -1.13. The minimum absolute atomic E-state index is 0.00770. The fourth-order valence-electron chi connectivity index (χ4n) is 1.99. The maximum atomic E-state index is 13.2. The van der Waals surface area contributed by atoms with Crippen LogP contribution in [0.15, 0.2) is 18.2 Å². The monoisotopic (exact) mass is 296 g/mol. The number of hydrogen-bond donors (Lipinski definition) is 2. The van der Waals surface area contributed by atoms with Crippen LogP contribution in [0, 0.1) is 0 Å². The second-order valence-electron chi connectivity index (χ2n) is 6.36. The summed E-state index contributed by atoms with van der Waals surface area (Å²) in [5, 5.41) is 3.32. The Morgan fingerprint density at radius 3 is 2.57 bits per heavy atom. The first-order valence-corrected chi connectivity index (χ1v) is 7.69. The molecule has 1 atom stereocenters. The molecule has 0 aliphatic carbocycles. The predicted octanol–water partition coefficient (Wildman–Crippen LogP) is 2.81. The van der Waals surface area contributed by atoms with Crippen molar-refractivity contribution in [3.8, 4) is 5.75 Å². The number of halogens is 1. The van der Waals surface area contributed by atoms with E-state index in [1.165, 1.54) is 11.1 Å². The zero-order chi connectivity index (χ0) is 15.9. The fourth-order valence-corrected chi connectivity index (χ4v) is 1.99. The number of nitrogens with two attached hydrogens (primary N) is 1. The quantitative estimate of drug-likeness (QED) is 0.725. The third-order valence-electron chi connectivity index (χ3n) is 3.36. The van der Waals surface area contributed by atoms with Crippen molar-refractivity contribution < 1.29 is 9.13 Å². The molecule has 0 spiro atoms. The van der Waals surface area contributed by atoms with Gasteiger partial charge in [-0.2, -0.15) is 0 Å². The molecule has 0 aliphatic rings. The lowest BCUT2D eigenvalue weighted by Crippen LogP contribution is -2.23. The third-order valence-corrected chi connectivity index (χ3v) is 3.36. The van der Waals surface area contributed by atoms with Gasteiger partial charge in [-0.15, -0.1) is 0 Å². The molecule has 4 heteroatoms. The van der Waals surface area contributed by atoms with Crippen LogP contribution in [0.2, 0.25) is 0 Å². The zero-order valence-electron chi connectivity index (χ0n) is 13.7. The van der Waals surface area contributed by atoms with Crippen molar-refractivity contribution in [2.45, 2.75) is 45.7 Å². The molecule has 3 N–H and O–H groups in total. The number of benzene rings is 1. The van der Waals surface area contributed by atoms with Gasteiger partial charge in [-0.25, -0.2) is 4.39 Å². The summed E-state index contributed by atoms with van der Waals surface area (Å²) in [5.41, 5.74) is 7.73. The Bertz CT molecular complexity index is 429. The molecule has 0 amide bonds. The van der Waals surface area contributed by atoms with Crippen molar-refractivity contribution in [3.63, 3.8) is 0 Å². The number of ether oxygens (including phenoxy) is 1. The molecular weight excluding hydrogens is 267 g/mol. The first-order valence-electron chi connectivity index (χ1n) is 7.69. The van der Waals surface area contributed by atoms with Crippen molar-refractivity contribution in [1.29, 1.82) is 0 Å². The highest BCUT2D eigenvalue weighted by molar-refractivity contribution is 5.38. The van der Waals surface area contributed by atoms with Crippen molar-refractivity contribution in [1.82, 2.24) is 5.32 Å². The second kappa shape index (κ2) is 8.35. The Labute approximate surface area is 128 Å². The van der Waals surface area contributed by atoms with Crippen LogP contribution < -0.4 is 15.8 Å². The van der Waals surface area contributed by atoms with Gasteiger partial charge >= 0.3 is 0 Å². The van der Waals surface area contributed by atoms with Crippen molar-refractivity contribution in [3.05, 3.63) is 29.3 Å². The van der Waals surface area contributed by atoms with E-state index in [9.17, 15) is 4.39 Å². The summed E-state index contributed by atoms with van der Waals surface area (Å²) in [6, 6.07) is 6.20. The maximum absolute atomic E-state index is 13.2. The predicted molar refractivity (Wildman–Crippen MR) is 86.8 cm³/mol. The summed E-state index contributed by atoms with van der Waals surface area (Å²) in [6.07, 6.45) is -0.183. The summed E-state index contributed by atoms with van der Waals surface area (Å²) in [5.74, 6) is 0.727. The molecule has 0 bridgehead atoms. The number of rotatable bonds is 8. The first kappa shape index (κ1) is 17.9. The van der Waals surface area contributed by atoms with Gasteiger partial charge in [-0.1, -0.05) is 33.8 Å². The van der Waals surface area contributed by atoms with Crippen LogP contribution in [0.5, 0.6) is 5.75 Å². The summed E-state index contributed by atoms with van der Waals surface area (Å²) >= 11 is 0. The molecule has 0 unspecified atom stereocenters. The van der Waals surface area contributed by atoms with Crippen molar-refractivity contribution >= 4 is 0 Å². The SMILES string of the molecule is CCNCCc1cc(OC[C@H](F)CN)cc(C(C)(C)C)c1. The van der Waals surface area contributed by atoms with Crippen LogP contribution in [0.1, 0.15) is 38.8 Å². The van der Waals surface area contributed by atoms with E-state index in [4.69, 9.17) is 10.5 Å². The molecule has 0 saturated heterocycles. The minimum Gasteiger partial charge on any atom is -0.490 e. The molecule has 0 aromatic heterocycles. The van der Waals surface area contributed by atoms with E-state index in [0.717, 1.165) is 25.3 Å². The maximum Gasteiger partial charge on any atom is 0.146 e. The van der Waals surface area contributed by atoms with Crippen LogP contribution in [-0.4, -0.2) is 32.4 Å². The van der Waals surface area contributed by atoms with Gasteiger partial charge in [-0.3, -0.25) is 0 Å². The number of alkyl halides is 1. The second-order valence-corrected chi connectivity index (χ2v) is 6.36. The van der Waals surface area contributed by atoms with E-state index in [2.05, 4.69) is 39.1 Å². The van der Waals surface area contributed by atoms with Gasteiger partial charge in [0.15, 0.2) is 0 Å². The Morgan fingerprint density at radius 1 is 1.29 bits per heavy atom. The Balaban J connectivity index is 2.87. The molecule has 1 aromatic rings. The highest BCUT2D eigenvalue weighted by Gasteiger charge is 2.16. The third kappa shape index (κ3) is 6.44.